The average Bonchev–Trinajstić information content (AvgIpc) is 2.50. The van der Waals surface area contributed by atoms with Crippen LogP contribution >= 0.6 is 0 Å². The molecule has 0 aromatic heterocycles. The molecule has 0 nitrogen and oxygen atoms in total. The van der Waals surface area contributed by atoms with E-state index in [0.717, 1.165) is 0 Å². The topological polar surface area (TPSA) is 0 Å². The van der Waals surface area contributed by atoms with Crippen molar-refractivity contribution in [3.63, 3.8) is 0 Å². The van der Waals surface area contributed by atoms with Crippen LogP contribution in [0.3, 0.4) is 0 Å². The molecule has 0 bridgehead atoms. The Bertz CT molecular complexity index is 1010. The van der Waals surface area contributed by atoms with Crippen LogP contribution in [0.1, 0.15) is 16.7 Å². The second kappa shape index (κ2) is 4.33. The van der Waals surface area contributed by atoms with Gasteiger partial charge in [0.1, 0.15) is 0 Å². The fourth-order valence-corrected chi connectivity index (χ4v) is 3.39. The summed E-state index contributed by atoms with van der Waals surface area (Å²) in [7, 11) is 0. The van der Waals surface area contributed by atoms with Gasteiger partial charge in [-0.05, 0) is 81.9 Å². The van der Waals surface area contributed by atoms with Crippen LogP contribution in [0, 0.1) is 20.8 Å². The number of hydrogen-bond acceptors (Lipinski definition) is 0. The predicted molar refractivity (Wildman–Crippen MR) is 93.2 cm³/mol. The lowest BCUT2D eigenvalue weighted by molar-refractivity contribution is 1.30. The molecule has 0 saturated heterocycles. The molecule has 0 aliphatic rings. The number of rotatable bonds is 0. The third kappa shape index (κ3) is 1.76. The first-order valence-electron chi connectivity index (χ1n) is 7.47. The van der Waals surface area contributed by atoms with Gasteiger partial charge in [-0.25, -0.2) is 0 Å². The summed E-state index contributed by atoms with van der Waals surface area (Å²) < 4.78 is 0. The Balaban J connectivity index is 2.27. The molecule has 0 radical (unpaired) electrons. The standard InChI is InChI=1S/C21H18/c1-13-10-19-9-8-18-11-16-6-4-5-7-17(16)12-20(18)21(19)15(3)14(13)2/h4-12H,1-3H3. The van der Waals surface area contributed by atoms with Crippen molar-refractivity contribution in [3.8, 4) is 0 Å². The van der Waals surface area contributed by atoms with E-state index in [0.29, 0.717) is 0 Å². The minimum atomic E-state index is 1.31. The van der Waals surface area contributed by atoms with Gasteiger partial charge < -0.3 is 0 Å². The fourth-order valence-electron chi connectivity index (χ4n) is 3.39. The number of benzene rings is 4. The summed E-state index contributed by atoms with van der Waals surface area (Å²) in [5.41, 5.74) is 4.19. The highest BCUT2D eigenvalue weighted by Crippen LogP contribution is 2.33. The molecule has 0 atom stereocenters. The summed E-state index contributed by atoms with van der Waals surface area (Å²) in [6.45, 7) is 6.68. The molecule has 0 heteroatoms. The van der Waals surface area contributed by atoms with Crippen LogP contribution in [0.25, 0.3) is 32.3 Å². The van der Waals surface area contributed by atoms with Crippen molar-refractivity contribution < 1.29 is 0 Å². The average molecular weight is 270 g/mol. The van der Waals surface area contributed by atoms with Crippen LogP contribution < -0.4 is 0 Å². The molecule has 0 spiro atoms. The van der Waals surface area contributed by atoms with E-state index < -0.39 is 0 Å². The first-order chi connectivity index (χ1) is 10.1. The zero-order valence-corrected chi connectivity index (χ0v) is 12.7. The van der Waals surface area contributed by atoms with Gasteiger partial charge in [0.2, 0.25) is 0 Å². The Hall–Kier alpha value is -2.34. The largest absolute Gasteiger partial charge is 0.0616 e. The van der Waals surface area contributed by atoms with Crippen molar-refractivity contribution in [2.45, 2.75) is 20.8 Å². The summed E-state index contributed by atoms with van der Waals surface area (Å²) in [4.78, 5) is 0. The van der Waals surface area contributed by atoms with Gasteiger partial charge in [-0.3, -0.25) is 0 Å². The Morgan fingerprint density at radius 3 is 2.00 bits per heavy atom. The molecule has 21 heavy (non-hydrogen) atoms. The molecule has 0 amide bonds. The third-order valence-electron chi connectivity index (χ3n) is 4.82. The first kappa shape index (κ1) is 12.4. The van der Waals surface area contributed by atoms with Crippen LogP contribution in [-0.4, -0.2) is 0 Å². The second-order valence-electron chi connectivity index (χ2n) is 6.03. The molecule has 0 heterocycles. The van der Waals surface area contributed by atoms with Crippen molar-refractivity contribution in [2.75, 3.05) is 0 Å². The predicted octanol–water partition coefficient (Wildman–Crippen LogP) is 6.07. The third-order valence-corrected chi connectivity index (χ3v) is 4.82. The summed E-state index contributed by atoms with van der Waals surface area (Å²) in [6, 6.07) is 20.1. The SMILES string of the molecule is Cc1cc2ccc3cc4ccccc4cc3c2c(C)c1C. The maximum absolute atomic E-state index is 2.34. The normalized spacial score (nSPS) is 11.6. The van der Waals surface area contributed by atoms with Crippen LogP contribution in [0.15, 0.2) is 54.6 Å². The van der Waals surface area contributed by atoms with E-state index in [1.807, 2.05) is 0 Å². The minimum absolute atomic E-state index is 1.31. The number of aryl methyl sites for hydroxylation is 2. The van der Waals surface area contributed by atoms with E-state index in [-0.39, 0.29) is 0 Å². The maximum Gasteiger partial charge on any atom is -0.00731 e. The summed E-state index contributed by atoms with van der Waals surface area (Å²) in [6.07, 6.45) is 0. The molecule has 0 unspecified atom stereocenters. The van der Waals surface area contributed by atoms with Gasteiger partial charge >= 0.3 is 0 Å². The quantitative estimate of drug-likeness (QED) is 0.268. The van der Waals surface area contributed by atoms with E-state index in [9.17, 15) is 0 Å². The zero-order valence-electron chi connectivity index (χ0n) is 12.7. The van der Waals surface area contributed by atoms with Crippen LogP contribution in [0.2, 0.25) is 0 Å². The monoisotopic (exact) mass is 270 g/mol. The number of hydrogen-bond donors (Lipinski definition) is 0. The maximum atomic E-state index is 2.34. The second-order valence-corrected chi connectivity index (χ2v) is 6.03. The fraction of sp³-hybridized carbons (Fsp3) is 0.143. The molecule has 102 valence electrons. The first-order valence-corrected chi connectivity index (χ1v) is 7.47. The molecule has 0 aliphatic heterocycles. The van der Waals surface area contributed by atoms with Gasteiger partial charge in [-0.1, -0.05) is 42.5 Å². The Labute approximate surface area is 125 Å². The van der Waals surface area contributed by atoms with E-state index >= 15 is 0 Å². The van der Waals surface area contributed by atoms with Crippen LogP contribution in [-0.2, 0) is 0 Å². The van der Waals surface area contributed by atoms with Gasteiger partial charge in [0, 0.05) is 0 Å². The van der Waals surface area contributed by atoms with E-state index in [1.54, 1.807) is 0 Å². The Morgan fingerprint density at radius 2 is 1.24 bits per heavy atom. The van der Waals surface area contributed by atoms with E-state index in [4.69, 9.17) is 0 Å². The van der Waals surface area contributed by atoms with Crippen LogP contribution in [0.5, 0.6) is 0 Å². The molecule has 0 aliphatic carbocycles. The van der Waals surface area contributed by atoms with Crippen molar-refractivity contribution in [1.29, 1.82) is 0 Å². The van der Waals surface area contributed by atoms with Crippen molar-refractivity contribution in [3.05, 3.63) is 71.3 Å². The van der Waals surface area contributed by atoms with Crippen molar-refractivity contribution in [1.82, 2.24) is 0 Å². The van der Waals surface area contributed by atoms with E-state index in [1.165, 1.54) is 49.0 Å². The molecular weight excluding hydrogens is 252 g/mol. The van der Waals surface area contributed by atoms with Crippen molar-refractivity contribution in [2.24, 2.45) is 0 Å². The lowest BCUT2D eigenvalue weighted by Crippen LogP contribution is -1.90. The molecular formula is C21H18. The van der Waals surface area contributed by atoms with E-state index in [2.05, 4.69) is 75.4 Å². The summed E-state index contributed by atoms with van der Waals surface area (Å²) in [5, 5.41) is 8.07. The van der Waals surface area contributed by atoms with Crippen molar-refractivity contribution >= 4 is 32.3 Å². The van der Waals surface area contributed by atoms with Gasteiger partial charge in [-0.2, -0.15) is 0 Å². The highest BCUT2D eigenvalue weighted by atomic mass is 14.1. The molecule has 4 rings (SSSR count). The lowest BCUT2D eigenvalue weighted by atomic mass is 9.91. The van der Waals surface area contributed by atoms with Gasteiger partial charge in [-0.15, -0.1) is 0 Å². The molecule has 0 N–H and O–H groups in total. The van der Waals surface area contributed by atoms with Gasteiger partial charge in [0.05, 0.1) is 0 Å². The van der Waals surface area contributed by atoms with Gasteiger partial charge in [0.15, 0.2) is 0 Å². The smallest absolute Gasteiger partial charge is 0.00731 e. The highest BCUT2D eigenvalue weighted by molar-refractivity contribution is 6.13. The molecule has 4 aromatic carbocycles. The Morgan fingerprint density at radius 1 is 0.571 bits per heavy atom. The Kier molecular flexibility index (Phi) is 2.56. The molecule has 0 saturated carbocycles. The molecule has 0 fully saturated rings. The number of fused-ring (bicyclic) bond motifs is 4. The van der Waals surface area contributed by atoms with Gasteiger partial charge in [0.25, 0.3) is 0 Å². The highest BCUT2D eigenvalue weighted by Gasteiger charge is 2.08. The van der Waals surface area contributed by atoms with Crippen LogP contribution in [0.4, 0.5) is 0 Å². The zero-order chi connectivity index (χ0) is 14.6. The minimum Gasteiger partial charge on any atom is -0.0616 e. The summed E-state index contributed by atoms with van der Waals surface area (Å²) in [5.74, 6) is 0. The lowest BCUT2D eigenvalue weighted by Gasteiger charge is -2.13. The summed E-state index contributed by atoms with van der Waals surface area (Å²) >= 11 is 0. The molecule has 4 aromatic rings.